The summed E-state index contributed by atoms with van der Waals surface area (Å²) in [6.45, 7) is 4.12. The second-order valence-electron chi connectivity index (χ2n) is 8.89. The molecule has 2 saturated carbocycles. The summed E-state index contributed by atoms with van der Waals surface area (Å²) in [6.07, 6.45) is 10.0. The summed E-state index contributed by atoms with van der Waals surface area (Å²) in [6, 6.07) is 1.10. The van der Waals surface area contributed by atoms with Crippen LogP contribution in [0.15, 0.2) is 0 Å². The summed E-state index contributed by atoms with van der Waals surface area (Å²) in [5, 5.41) is 17.2. The Morgan fingerprint density at radius 3 is 2.24 bits per heavy atom. The average molecular weight is 350 g/mol. The number of amides is 1. The van der Waals surface area contributed by atoms with Crippen LogP contribution in [0.4, 0.5) is 0 Å². The largest absolute Gasteiger partial charge is 0.393 e. The molecule has 0 aromatic rings. The van der Waals surface area contributed by atoms with E-state index in [4.69, 9.17) is 0 Å². The van der Waals surface area contributed by atoms with Gasteiger partial charge in [0.25, 0.3) is 0 Å². The van der Waals surface area contributed by atoms with Crippen LogP contribution in [0, 0.1) is 17.8 Å². The third kappa shape index (κ3) is 4.04. The van der Waals surface area contributed by atoms with E-state index in [-0.39, 0.29) is 6.10 Å². The van der Waals surface area contributed by atoms with E-state index in [1.54, 1.807) is 0 Å². The minimum atomic E-state index is -0.0713. The molecule has 142 valence electrons. The van der Waals surface area contributed by atoms with Gasteiger partial charge in [-0.15, -0.1) is 0 Å². The highest BCUT2D eigenvalue weighted by Crippen LogP contribution is 2.36. The van der Waals surface area contributed by atoms with Crippen molar-refractivity contribution in [3.8, 4) is 0 Å². The molecule has 4 rings (SSSR count). The molecule has 1 unspecified atom stereocenters. The van der Waals surface area contributed by atoms with Crippen molar-refractivity contribution in [1.29, 1.82) is 0 Å². The first-order valence-electron chi connectivity index (χ1n) is 10.6. The Morgan fingerprint density at radius 1 is 1.00 bits per heavy atom. The first-order valence-corrected chi connectivity index (χ1v) is 10.6. The molecule has 4 fully saturated rings. The average Bonchev–Trinajstić information content (AvgIpc) is 2.57. The number of piperidine rings is 2. The predicted octanol–water partition coefficient (Wildman–Crippen LogP) is 1.51. The van der Waals surface area contributed by atoms with Crippen molar-refractivity contribution in [2.45, 2.75) is 76.0 Å². The number of nitrogens with zero attached hydrogens (tertiary/aromatic N) is 1. The molecular weight excluding hydrogens is 314 g/mol. The highest BCUT2D eigenvalue weighted by molar-refractivity contribution is 5.79. The maximum atomic E-state index is 12.4. The third-order valence-electron chi connectivity index (χ3n) is 7.24. The lowest BCUT2D eigenvalue weighted by Crippen LogP contribution is -2.56. The molecule has 1 atom stereocenters. The summed E-state index contributed by atoms with van der Waals surface area (Å²) in [5.74, 6) is 2.14. The van der Waals surface area contributed by atoms with E-state index in [1.165, 1.54) is 19.3 Å². The molecule has 25 heavy (non-hydrogen) atoms. The fourth-order valence-electron chi connectivity index (χ4n) is 5.24. The van der Waals surface area contributed by atoms with Crippen LogP contribution in [-0.4, -0.2) is 60.3 Å². The molecule has 2 aliphatic heterocycles. The van der Waals surface area contributed by atoms with Crippen molar-refractivity contribution in [1.82, 2.24) is 15.5 Å². The fraction of sp³-hybridized carbons (Fsp3) is 0.950. The Labute approximate surface area is 151 Å². The quantitative estimate of drug-likeness (QED) is 0.704. The van der Waals surface area contributed by atoms with Crippen LogP contribution in [0.25, 0.3) is 0 Å². The number of rotatable bonds is 5. The van der Waals surface area contributed by atoms with Crippen LogP contribution in [0.5, 0.6) is 0 Å². The van der Waals surface area contributed by atoms with Gasteiger partial charge in [0.15, 0.2) is 0 Å². The molecular formula is C20H35N3O2. The van der Waals surface area contributed by atoms with Crippen molar-refractivity contribution in [2.75, 3.05) is 26.2 Å². The van der Waals surface area contributed by atoms with Crippen LogP contribution in [0.1, 0.15) is 57.8 Å². The normalized spacial score (nSPS) is 33.6. The standard InChI is InChI=1S/C20H35N3O2/c24-18-12-16(13-18)19(14-4-8-21-9-5-14)22-17-6-10-23(11-7-17)20(25)15-2-1-3-15/h14-19,21-22,24H,1-13H2. The molecule has 0 bridgehead atoms. The molecule has 1 amide bonds. The van der Waals surface area contributed by atoms with E-state index in [2.05, 4.69) is 15.5 Å². The van der Waals surface area contributed by atoms with E-state index in [9.17, 15) is 9.90 Å². The van der Waals surface area contributed by atoms with Gasteiger partial charge in [0.05, 0.1) is 6.10 Å². The molecule has 2 heterocycles. The molecule has 0 radical (unpaired) electrons. The topological polar surface area (TPSA) is 64.6 Å². The Hall–Kier alpha value is -0.650. The molecule has 2 saturated heterocycles. The molecule has 4 aliphatic rings. The third-order valence-corrected chi connectivity index (χ3v) is 7.24. The zero-order valence-electron chi connectivity index (χ0n) is 15.5. The Balaban J connectivity index is 1.29. The SMILES string of the molecule is O=C(C1CCC1)N1CCC(NC(C2CCNCC2)C2CC(O)C2)CC1. The zero-order valence-corrected chi connectivity index (χ0v) is 15.5. The lowest BCUT2D eigenvalue weighted by Gasteiger charge is -2.46. The second-order valence-corrected chi connectivity index (χ2v) is 8.89. The van der Waals surface area contributed by atoms with Gasteiger partial charge in [-0.1, -0.05) is 6.42 Å². The molecule has 0 spiro atoms. The summed E-state index contributed by atoms with van der Waals surface area (Å²) in [5.41, 5.74) is 0. The minimum absolute atomic E-state index is 0.0713. The van der Waals surface area contributed by atoms with Gasteiger partial charge in [-0.25, -0.2) is 0 Å². The van der Waals surface area contributed by atoms with Crippen molar-refractivity contribution in [3.05, 3.63) is 0 Å². The van der Waals surface area contributed by atoms with Crippen molar-refractivity contribution < 1.29 is 9.90 Å². The van der Waals surface area contributed by atoms with Gasteiger partial charge in [0.1, 0.15) is 0 Å². The number of aliphatic hydroxyl groups excluding tert-OH is 1. The van der Waals surface area contributed by atoms with E-state index >= 15 is 0 Å². The monoisotopic (exact) mass is 349 g/mol. The van der Waals surface area contributed by atoms with E-state index < -0.39 is 0 Å². The van der Waals surface area contributed by atoms with Crippen LogP contribution in [0.2, 0.25) is 0 Å². The molecule has 3 N–H and O–H groups in total. The van der Waals surface area contributed by atoms with Gasteiger partial charge in [0, 0.05) is 31.1 Å². The Kier molecular flexibility index (Phi) is 5.63. The van der Waals surface area contributed by atoms with Crippen molar-refractivity contribution in [2.24, 2.45) is 17.8 Å². The maximum absolute atomic E-state index is 12.4. The number of aliphatic hydroxyl groups is 1. The van der Waals surface area contributed by atoms with Crippen LogP contribution in [-0.2, 0) is 4.79 Å². The predicted molar refractivity (Wildman–Crippen MR) is 98.2 cm³/mol. The first-order chi connectivity index (χ1) is 12.2. The summed E-state index contributed by atoms with van der Waals surface area (Å²) in [7, 11) is 0. The van der Waals surface area contributed by atoms with Gasteiger partial charge < -0.3 is 20.6 Å². The van der Waals surface area contributed by atoms with Crippen LogP contribution < -0.4 is 10.6 Å². The highest BCUT2D eigenvalue weighted by atomic mass is 16.3. The molecule has 5 heteroatoms. The van der Waals surface area contributed by atoms with Crippen LogP contribution in [0.3, 0.4) is 0 Å². The Morgan fingerprint density at radius 2 is 1.68 bits per heavy atom. The summed E-state index contributed by atoms with van der Waals surface area (Å²) in [4.78, 5) is 14.5. The minimum Gasteiger partial charge on any atom is -0.393 e. The number of carbonyl (C=O) groups is 1. The van der Waals surface area contributed by atoms with Crippen molar-refractivity contribution >= 4 is 5.91 Å². The Bertz CT molecular complexity index is 448. The smallest absolute Gasteiger partial charge is 0.225 e. The maximum Gasteiger partial charge on any atom is 0.225 e. The van der Waals surface area contributed by atoms with Gasteiger partial charge >= 0.3 is 0 Å². The lowest BCUT2D eigenvalue weighted by atomic mass is 9.70. The number of hydrogen-bond donors (Lipinski definition) is 3. The lowest BCUT2D eigenvalue weighted by molar-refractivity contribution is -0.139. The number of likely N-dealkylation sites (tertiary alicyclic amines) is 1. The van der Waals surface area contributed by atoms with Crippen molar-refractivity contribution in [3.63, 3.8) is 0 Å². The molecule has 0 aromatic heterocycles. The van der Waals surface area contributed by atoms with Gasteiger partial charge in [-0.3, -0.25) is 4.79 Å². The van der Waals surface area contributed by atoms with E-state index in [0.29, 0.717) is 29.8 Å². The van der Waals surface area contributed by atoms with Gasteiger partial charge in [-0.05, 0) is 76.3 Å². The summed E-state index contributed by atoms with van der Waals surface area (Å²) >= 11 is 0. The molecule has 0 aromatic carbocycles. The van der Waals surface area contributed by atoms with E-state index in [0.717, 1.165) is 70.6 Å². The second kappa shape index (κ2) is 7.93. The fourth-order valence-corrected chi connectivity index (χ4v) is 5.24. The summed E-state index contributed by atoms with van der Waals surface area (Å²) < 4.78 is 0. The van der Waals surface area contributed by atoms with Gasteiger partial charge in [0.2, 0.25) is 5.91 Å². The highest BCUT2D eigenvalue weighted by Gasteiger charge is 2.40. The number of hydrogen-bond acceptors (Lipinski definition) is 4. The van der Waals surface area contributed by atoms with Crippen LogP contribution >= 0.6 is 0 Å². The van der Waals surface area contributed by atoms with E-state index in [1.807, 2.05) is 0 Å². The molecule has 5 nitrogen and oxygen atoms in total. The van der Waals surface area contributed by atoms with Gasteiger partial charge in [-0.2, -0.15) is 0 Å². The number of nitrogens with one attached hydrogen (secondary N) is 2. The zero-order chi connectivity index (χ0) is 17.2. The first kappa shape index (κ1) is 17.7. The number of carbonyl (C=O) groups excluding carboxylic acids is 1. The molecule has 2 aliphatic carbocycles.